The fourth-order valence-electron chi connectivity index (χ4n) is 3.85. The van der Waals surface area contributed by atoms with Gasteiger partial charge in [0.05, 0.1) is 25.6 Å². The van der Waals surface area contributed by atoms with Gasteiger partial charge in [-0.25, -0.2) is 5.01 Å². The second-order valence-electron chi connectivity index (χ2n) is 7.84. The summed E-state index contributed by atoms with van der Waals surface area (Å²) in [5.41, 5.74) is 2.79. The molecule has 1 saturated heterocycles. The van der Waals surface area contributed by atoms with Gasteiger partial charge in [-0.15, -0.1) is 5.10 Å². The number of nitrogens with zero attached hydrogens (tertiary/aromatic N) is 5. The first-order valence-corrected chi connectivity index (χ1v) is 11.5. The largest absolute Gasteiger partial charge is 0.493 e. The van der Waals surface area contributed by atoms with Crippen LogP contribution in [0.2, 0.25) is 0 Å². The smallest absolute Gasteiger partial charge is 0.294 e. The molecule has 0 spiro atoms. The van der Waals surface area contributed by atoms with E-state index in [2.05, 4.69) is 15.5 Å². The monoisotopic (exact) mass is 480 g/mol. The highest BCUT2D eigenvalue weighted by atomic mass is 32.1. The first-order valence-electron chi connectivity index (χ1n) is 11.1. The number of methoxy groups -OCH3 is 2. The first-order chi connectivity index (χ1) is 16.5. The Morgan fingerprint density at radius 3 is 2.50 bits per heavy atom. The fraction of sp³-hybridized carbons (Fsp3) is 0.333. The maximum absolute atomic E-state index is 13.3. The molecule has 1 amide bonds. The molecule has 2 aromatic carbocycles. The first kappa shape index (κ1) is 23.5. The predicted molar refractivity (Wildman–Crippen MR) is 132 cm³/mol. The Labute approximate surface area is 204 Å². The lowest BCUT2D eigenvalue weighted by Gasteiger charge is -2.29. The summed E-state index contributed by atoms with van der Waals surface area (Å²) in [6, 6.07) is 15.4. The minimum atomic E-state index is -0.207. The lowest BCUT2D eigenvalue weighted by molar-refractivity contribution is 0.0484. The average molecular weight is 481 g/mol. The van der Waals surface area contributed by atoms with Gasteiger partial charge in [0.25, 0.3) is 5.91 Å². The van der Waals surface area contributed by atoms with Gasteiger partial charge < -0.3 is 14.8 Å². The van der Waals surface area contributed by atoms with Crippen LogP contribution in [0.1, 0.15) is 28.2 Å². The van der Waals surface area contributed by atoms with Gasteiger partial charge in [0.1, 0.15) is 0 Å². The van der Waals surface area contributed by atoms with E-state index in [1.165, 1.54) is 4.80 Å². The normalized spacial score (nSPS) is 13.1. The molecule has 34 heavy (non-hydrogen) atoms. The number of thiocarbonyl (C=S) groups is 1. The second kappa shape index (κ2) is 10.5. The Morgan fingerprint density at radius 2 is 1.76 bits per heavy atom. The summed E-state index contributed by atoms with van der Waals surface area (Å²) in [6.07, 6.45) is 1.57. The summed E-state index contributed by atoms with van der Waals surface area (Å²) < 4.78 is 10.7. The SMILES string of the molecule is COc1ccc(CCNC(=S)N2CCCN2C(=O)c2nn(-c3ccccc3)nc2C)cc1OC. The molecule has 2 heterocycles. The van der Waals surface area contributed by atoms with Gasteiger partial charge in [-0.3, -0.25) is 9.80 Å². The number of aromatic nitrogens is 3. The van der Waals surface area contributed by atoms with Crippen molar-refractivity contribution in [3.8, 4) is 17.2 Å². The van der Waals surface area contributed by atoms with E-state index in [-0.39, 0.29) is 5.91 Å². The van der Waals surface area contributed by atoms with Crippen molar-refractivity contribution in [1.29, 1.82) is 0 Å². The Bertz CT molecular complexity index is 1170. The van der Waals surface area contributed by atoms with Gasteiger partial charge in [-0.05, 0) is 61.8 Å². The van der Waals surface area contributed by atoms with Crippen molar-refractivity contribution in [3.05, 3.63) is 65.5 Å². The maximum atomic E-state index is 13.3. The van der Waals surface area contributed by atoms with Crippen LogP contribution in [0.15, 0.2) is 48.5 Å². The van der Waals surface area contributed by atoms with Crippen LogP contribution in [-0.2, 0) is 6.42 Å². The summed E-state index contributed by atoms with van der Waals surface area (Å²) in [5.74, 6) is 1.18. The molecule has 1 aliphatic heterocycles. The maximum Gasteiger partial charge on any atom is 0.294 e. The molecule has 178 valence electrons. The molecule has 3 aromatic rings. The number of benzene rings is 2. The van der Waals surface area contributed by atoms with E-state index in [4.69, 9.17) is 21.7 Å². The number of hydrogen-bond acceptors (Lipinski definition) is 6. The Kier molecular flexibility index (Phi) is 7.27. The number of hydrogen-bond donors (Lipinski definition) is 1. The summed E-state index contributed by atoms with van der Waals surface area (Å²) in [5, 5.41) is 16.1. The third kappa shape index (κ3) is 4.96. The van der Waals surface area contributed by atoms with Crippen molar-refractivity contribution in [2.24, 2.45) is 0 Å². The fourth-order valence-corrected chi connectivity index (χ4v) is 4.14. The predicted octanol–water partition coefficient (Wildman–Crippen LogP) is 2.77. The zero-order valence-electron chi connectivity index (χ0n) is 19.5. The van der Waals surface area contributed by atoms with E-state index >= 15 is 0 Å². The minimum Gasteiger partial charge on any atom is -0.493 e. The molecule has 9 nitrogen and oxygen atoms in total. The number of amides is 1. The molecule has 0 radical (unpaired) electrons. The van der Waals surface area contributed by atoms with Crippen molar-refractivity contribution < 1.29 is 14.3 Å². The Balaban J connectivity index is 1.39. The average Bonchev–Trinajstić information content (AvgIpc) is 3.51. The van der Waals surface area contributed by atoms with E-state index in [0.717, 1.165) is 24.1 Å². The van der Waals surface area contributed by atoms with E-state index in [1.54, 1.807) is 26.2 Å². The summed E-state index contributed by atoms with van der Waals surface area (Å²) >= 11 is 5.61. The molecule has 10 heteroatoms. The zero-order chi connectivity index (χ0) is 24.1. The van der Waals surface area contributed by atoms with Gasteiger partial charge >= 0.3 is 0 Å². The standard InChI is InChI=1S/C24H28N6O3S/c1-17-22(27-30(26-17)19-8-5-4-6-9-19)23(31)28-14-7-15-29(28)24(34)25-13-12-18-10-11-20(32-2)21(16-18)33-3/h4-6,8-11,16H,7,12-15H2,1-3H3,(H,25,34). The van der Waals surface area contributed by atoms with Crippen LogP contribution in [0.4, 0.5) is 0 Å². The van der Waals surface area contributed by atoms with Crippen LogP contribution in [0.25, 0.3) is 5.69 Å². The summed E-state index contributed by atoms with van der Waals surface area (Å²) in [7, 11) is 3.23. The summed E-state index contributed by atoms with van der Waals surface area (Å²) in [4.78, 5) is 14.8. The molecule has 0 atom stereocenters. The third-order valence-corrected chi connectivity index (χ3v) is 5.96. The molecule has 1 aliphatic rings. The third-order valence-electron chi connectivity index (χ3n) is 5.61. The molecule has 4 rings (SSSR count). The van der Waals surface area contributed by atoms with E-state index in [1.807, 2.05) is 53.5 Å². The number of rotatable bonds is 7. The molecule has 0 aliphatic carbocycles. The highest BCUT2D eigenvalue weighted by molar-refractivity contribution is 7.80. The van der Waals surface area contributed by atoms with Gasteiger partial charge in [-0.1, -0.05) is 24.3 Å². The van der Waals surface area contributed by atoms with Gasteiger partial charge in [0, 0.05) is 19.6 Å². The summed E-state index contributed by atoms with van der Waals surface area (Å²) in [6.45, 7) is 3.66. The van der Waals surface area contributed by atoms with Crippen LogP contribution < -0.4 is 14.8 Å². The van der Waals surface area contributed by atoms with Crippen molar-refractivity contribution in [2.75, 3.05) is 33.9 Å². The lowest BCUT2D eigenvalue weighted by atomic mass is 10.1. The quantitative estimate of drug-likeness (QED) is 0.517. The lowest BCUT2D eigenvalue weighted by Crippen LogP contribution is -2.49. The highest BCUT2D eigenvalue weighted by Gasteiger charge is 2.32. The Morgan fingerprint density at radius 1 is 1.03 bits per heavy atom. The Hall–Kier alpha value is -3.66. The number of carbonyl (C=O) groups excluding carboxylic acids is 1. The van der Waals surface area contributed by atoms with Crippen molar-refractivity contribution in [1.82, 2.24) is 30.3 Å². The molecule has 0 bridgehead atoms. The van der Waals surface area contributed by atoms with Crippen molar-refractivity contribution in [3.63, 3.8) is 0 Å². The molecule has 0 saturated carbocycles. The number of para-hydroxylation sites is 1. The molecule has 0 unspecified atom stereocenters. The molecule has 1 fully saturated rings. The number of aryl methyl sites for hydroxylation is 1. The van der Waals surface area contributed by atoms with E-state index in [9.17, 15) is 4.79 Å². The second-order valence-corrected chi connectivity index (χ2v) is 8.22. The van der Waals surface area contributed by atoms with Crippen molar-refractivity contribution >= 4 is 23.2 Å². The van der Waals surface area contributed by atoms with Crippen LogP contribution in [0.3, 0.4) is 0 Å². The molecular weight excluding hydrogens is 452 g/mol. The van der Waals surface area contributed by atoms with Gasteiger partial charge in [0.15, 0.2) is 22.3 Å². The van der Waals surface area contributed by atoms with E-state index < -0.39 is 0 Å². The topological polar surface area (TPSA) is 84.8 Å². The van der Waals surface area contributed by atoms with Crippen LogP contribution in [0, 0.1) is 6.92 Å². The zero-order valence-corrected chi connectivity index (χ0v) is 20.3. The molecule has 1 aromatic heterocycles. The number of hydrazine groups is 1. The van der Waals surface area contributed by atoms with Gasteiger partial charge in [-0.2, -0.15) is 9.90 Å². The van der Waals surface area contributed by atoms with Crippen LogP contribution >= 0.6 is 12.2 Å². The van der Waals surface area contributed by atoms with Crippen LogP contribution in [-0.4, -0.2) is 69.9 Å². The number of nitrogens with one attached hydrogen (secondary N) is 1. The number of ether oxygens (including phenoxy) is 2. The van der Waals surface area contributed by atoms with Crippen molar-refractivity contribution in [2.45, 2.75) is 19.8 Å². The minimum absolute atomic E-state index is 0.207. The van der Waals surface area contributed by atoms with Crippen LogP contribution in [0.5, 0.6) is 11.5 Å². The van der Waals surface area contributed by atoms with Gasteiger partial charge in [0.2, 0.25) is 0 Å². The molecule has 1 N–H and O–H groups in total. The molecular formula is C24H28N6O3S. The highest BCUT2D eigenvalue weighted by Crippen LogP contribution is 2.27. The van der Waals surface area contributed by atoms with E-state index in [0.29, 0.717) is 47.6 Å². The number of carbonyl (C=O) groups is 1.